The summed E-state index contributed by atoms with van der Waals surface area (Å²) in [6.07, 6.45) is 6.02. The van der Waals surface area contributed by atoms with Gasteiger partial charge in [-0.1, -0.05) is 6.07 Å². The molecule has 2 saturated heterocycles. The number of anilines is 1. The smallest absolute Gasteiger partial charge is 0.333 e. The summed E-state index contributed by atoms with van der Waals surface area (Å²) in [7, 11) is 2.61. The van der Waals surface area contributed by atoms with Crippen molar-refractivity contribution in [2.45, 2.75) is 26.2 Å². The van der Waals surface area contributed by atoms with Crippen molar-refractivity contribution in [3.05, 3.63) is 45.4 Å². The van der Waals surface area contributed by atoms with Crippen molar-refractivity contribution in [3.63, 3.8) is 0 Å². The van der Waals surface area contributed by atoms with E-state index in [4.69, 9.17) is 4.98 Å². The van der Waals surface area contributed by atoms with Gasteiger partial charge < -0.3 is 4.90 Å². The van der Waals surface area contributed by atoms with E-state index in [9.17, 15) is 19.2 Å². The van der Waals surface area contributed by atoms with Gasteiger partial charge in [-0.25, -0.2) is 9.78 Å². The SMILES string of the molecule is Cc1ccc2nc(N3CCCCC3)c(C=C3C(=O)N(C)C(=O)N(C)C3=O)c(=O)n2c1. The molecule has 9 nitrogen and oxygen atoms in total. The largest absolute Gasteiger partial charge is 0.356 e. The van der Waals surface area contributed by atoms with E-state index in [-0.39, 0.29) is 16.7 Å². The zero-order chi connectivity index (χ0) is 21.6. The molecule has 4 heterocycles. The van der Waals surface area contributed by atoms with Crippen LogP contribution >= 0.6 is 0 Å². The minimum absolute atomic E-state index is 0.174. The molecule has 156 valence electrons. The number of hydrogen-bond donors (Lipinski definition) is 0. The molecule has 0 unspecified atom stereocenters. The van der Waals surface area contributed by atoms with E-state index in [1.165, 1.54) is 24.6 Å². The zero-order valence-corrected chi connectivity index (χ0v) is 17.2. The summed E-state index contributed by atoms with van der Waals surface area (Å²) in [6.45, 7) is 3.35. The lowest BCUT2D eigenvalue weighted by molar-refractivity contribution is -0.134. The van der Waals surface area contributed by atoms with Crippen molar-refractivity contribution in [2.24, 2.45) is 0 Å². The minimum Gasteiger partial charge on any atom is -0.356 e. The third-order valence-corrected chi connectivity index (χ3v) is 5.57. The Balaban J connectivity index is 1.96. The molecule has 2 fully saturated rings. The molecule has 9 heteroatoms. The highest BCUT2D eigenvalue weighted by molar-refractivity contribution is 6.30. The number of piperidine rings is 1. The van der Waals surface area contributed by atoms with E-state index in [0.29, 0.717) is 11.5 Å². The van der Waals surface area contributed by atoms with Gasteiger partial charge in [-0.15, -0.1) is 0 Å². The molecule has 0 bridgehead atoms. The molecule has 0 saturated carbocycles. The van der Waals surface area contributed by atoms with Crippen molar-refractivity contribution in [2.75, 3.05) is 32.1 Å². The first kappa shape index (κ1) is 19.8. The molecule has 30 heavy (non-hydrogen) atoms. The first-order chi connectivity index (χ1) is 14.3. The molecule has 0 atom stereocenters. The maximum Gasteiger partial charge on any atom is 0.333 e. The van der Waals surface area contributed by atoms with Crippen molar-refractivity contribution in [1.82, 2.24) is 19.2 Å². The predicted molar refractivity (Wildman–Crippen MR) is 111 cm³/mol. The Morgan fingerprint density at radius 3 is 2.20 bits per heavy atom. The van der Waals surface area contributed by atoms with E-state index in [1.54, 1.807) is 12.3 Å². The first-order valence-corrected chi connectivity index (χ1v) is 9.89. The number of carbonyl (C=O) groups excluding carboxylic acids is 3. The summed E-state index contributed by atoms with van der Waals surface area (Å²) in [5.41, 5.74) is 0.960. The highest BCUT2D eigenvalue weighted by atomic mass is 16.2. The number of rotatable bonds is 2. The first-order valence-electron chi connectivity index (χ1n) is 9.89. The van der Waals surface area contributed by atoms with Gasteiger partial charge in [0, 0.05) is 33.4 Å². The number of likely N-dealkylation sites (N-methyl/N-ethyl adjacent to an activating group) is 2. The normalized spacial score (nSPS) is 17.9. The third kappa shape index (κ3) is 3.16. The molecule has 2 aliphatic heterocycles. The monoisotopic (exact) mass is 409 g/mol. The highest BCUT2D eigenvalue weighted by Crippen LogP contribution is 2.25. The van der Waals surface area contributed by atoms with Crippen LogP contribution in [0.4, 0.5) is 10.6 Å². The Bertz CT molecular complexity index is 1130. The quantitative estimate of drug-likeness (QED) is 0.550. The predicted octanol–water partition coefficient (Wildman–Crippen LogP) is 1.43. The van der Waals surface area contributed by atoms with Gasteiger partial charge in [0.25, 0.3) is 17.4 Å². The molecule has 0 aromatic carbocycles. The number of barbiturate groups is 1. The van der Waals surface area contributed by atoms with Crippen LogP contribution in [0.5, 0.6) is 0 Å². The van der Waals surface area contributed by atoms with E-state index in [2.05, 4.69) is 0 Å². The van der Waals surface area contributed by atoms with E-state index >= 15 is 0 Å². The van der Waals surface area contributed by atoms with E-state index in [0.717, 1.165) is 47.7 Å². The van der Waals surface area contributed by atoms with Crippen molar-refractivity contribution in [1.29, 1.82) is 0 Å². The number of imide groups is 2. The highest BCUT2D eigenvalue weighted by Gasteiger charge is 2.38. The average Bonchev–Trinajstić information content (AvgIpc) is 2.76. The minimum atomic E-state index is -0.735. The summed E-state index contributed by atoms with van der Waals surface area (Å²) < 4.78 is 1.42. The van der Waals surface area contributed by atoms with Crippen molar-refractivity contribution < 1.29 is 14.4 Å². The molecule has 0 N–H and O–H groups in total. The van der Waals surface area contributed by atoms with E-state index < -0.39 is 17.8 Å². The van der Waals surface area contributed by atoms with Gasteiger partial charge in [0.2, 0.25) is 0 Å². The van der Waals surface area contributed by atoms with Crippen LogP contribution in [-0.4, -0.2) is 64.2 Å². The fourth-order valence-electron chi connectivity index (χ4n) is 3.84. The standard InChI is InChI=1S/C21H23N5O4/c1-13-7-8-16-22-17(25-9-5-4-6-10-25)14(20(29)26(16)12-13)11-15-18(27)23(2)21(30)24(3)19(15)28/h7-8,11-12H,4-6,9-10H2,1-3H3. The maximum absolute atomic E-state index is 13.4. The topological polar surface area (TPSA) is 95.3 Å². The Morgan fingerprint density at radius 2 is 1.57 bits per heavy atom. The van der Waals surface area contributed by atoms with Gasteiger partial charge in [-0.05, 0) is 43.9 Å². The molecule has 4 amide bonds. The molecule has 0 spiro atoms. The fourth-order valence-corrected chi connectivity index (χ4v) is 3.84. The summed E-state index contributed by atoms with van der Waals surface area (Å²) in [5.74, 6) is -1.01. The summed E-state index contributed by atoms with van der Waals surface area (Å²) in [5, 5.41) is 0. The number of pyridine rings is 1. The molecule has 2 aliphatic rings. The van der Waals surface area contributed by atoms with Crippen LogP contribution in [0.2, 0.25) is 0 Å². The van der Waals surface area contributed by atoms with Crippen LogP contribution in [-0.2, 0) is 9.59 Å². The average molecular weight is 409 g/mol. The fraction of sp³-hybridized carbons (Fsp3) is 0.381. The maximum atomic E-state index is 13.4. The Hall–Kier alpha value is -3.49. The molecular weight excluding hydrogens is 386 g/mol. The molecule has 0 aliphatic carbocycles. The lowest BCUT2D eigenvalue weighted by atomic mass is 10.1. The van der Waals surface area contributed by atoms with Gasteiger partial charge in [0.1, 0.15) is 17.0 Å². The van der Waals surface area contributed by atoms with Gasteiger partial charge in [0.05, 0.1) is 5.56 Å². The van der Waals surface area contributed by atoms with Gasteiger partial charge >= 0.3 is 6.03 Å². The molecule has 2 aromatic rings. The van der Waals surface area contributed by atoms with Gasteiger partial charge in [-0.3, -0.25) is 28.6 Å². The lowest BCUT2D eigenvalue weighted by Crippen LogP contribution is -2.53. The Morgan fingerprint density at radius 1 is 0.933 bits per heavy atom. The van der Waals surface area contributed by atoms with Crippen LogP contribution in [0.1, 0.15) is 30.4 Å². The number of carbonyl (C=O) groups is 3. The van der Waals surface area contributed by atoms with Crippen molar-refractivity contribution >= 4 is 35.4 Å². The number of amides is 4. The van der Waals surface area contributed by atoms with Crippen LogP contribution in [0.3, 0.4) is 0 Å². The summed E-state index contributed by atoms with van der Waals surface area (Å²) in [6, 6.07) is 2.95. The van der Waals surface area contributed by atoms with Gasteiger partial charge in [-0.2, -0.15) is 0 Å². The number of fused-ring (bicyclic) bond motifs is 1. The Labute approximate surface area is 173 Å². The third-order valence-electron chi connectivity index (χ3n) is 5.57. The number of aryl methyl sites for hydroxylation is 1. The summed E-state index contributed by atoms with van der Waals surface area (Å²) in [4.78, 5) is 59.2. The van der Waals surface area contributed by atoms with Crippen LogP contribution in [0.25, 0.3) is 11.7 Å². The van der Waals surface area contributed by atoms with Crippen LogP contribution in [0.15, 0.2) is 28.7 Å². The second-order valence-corrected chi connectivity index (χ2v) is 7.71. The summed E-state index contributed by atoms with van der Waals surface area (Å²) >= 11 is 0. The number of nitrogens with zero attached hydrogens (tertiary/aromatic N) is 5. The van der Waals surface area contributed by atoms with Crippen LogP contribution in [0, 0.1) is 6.92 Å². The molecular formula is C21H23N5O4. The Kier molecular flexibility index (Phi) is 4.89. The number of urea groups is 1. The number of aromatic nitrogens is 2. The second kappa shape index (κ2) is 7.40. The molecule has 4 rings (SSSR count). The van der Waals surface area contributed by atoms with E-state index in [1.807, 2.05) is 17.9 Å². The van der Waals surface area contributed by atoms with Crippen molar-refractivity contribution in [3.8, 4) is 0 Å². The van der Waals surface area contributed by atoms with Gasteiger partial charge in [0.15, 0.2) is 0 Å². The zero-order valence-electron chi connectivity index (χ0n) is 17.2. The van der Waals surface area contributed by atoms with Crippen LogP contribution < -0.4 is 10.5 Å². The number of hydrogen-bond acceptors (Lipinski definition) is 6. The lowest BCUT2D eigenvalue weighted by Gasteiger charge is -2.30. The molecule has 2 aromatic heterocycles. The second-order valence-electron chi connectivity index (χ2n) is 7.71. The molecule has 0 radical (unpaired) electrons.